The molecule has 2 aromatic rings. The van der Waals surface area contributed by atoms with Crippen molar-refractivity contribution in [3.8, 4) is 0 Å². The second kappa shape index (κ2) is 4.81. The molecule has 0 aliphatic carbocycles. The third-order valence-corrected chi connectivity index (χ3v) is 4.16. The molecule has 0 bridgehead atoms. The minimum atomic E-state index is 0.0260. The normalized spacial score (nSPS) is 11.6. The van der Waals surface area contributed by atoms with Gasteiger partial charge in [-0.2, -0.15) is 0 Å². The maximum atomic E-state index is 4.44. The molecule has 0 atom stereocenters. The fourth-order valence-corrected chi connectivity index (χ4v) is 2.38. The van der Waals surface area contributed by atoms with E-state index in [1.165, 1.54) is 22.3 Å². The summed E-state index contributed by atoms with van der Waals surface area (Å²) in [6.07, 6.45) is 0. The van der Waals surface area contributed by atoms with Gasteiger partial charge in [0, 0.05) is 10.3 Å². The SMILES string of the molecule is Cc1cccc(C(C)(C)c2ccc(S)c(C)c2)c1. The summed E-state index contributed by atoms with van der Waals surface area (Å²) in [6, 6.07) is 15.3. The zero-order chi connectivity index (χ0) is 13.3. The van der Waals surface area contributed by atoms with Crippen LogP contribution in [0.1, 0.15) is 36.1 Å². The highest BCUT2D eigenvalue weighted by molar-refractivity contribution is 7.80. The lowest BCUT2D eigenvalue weighted by molar-refractivity contribution is 0.638. The Morgan fingerprint density at radius 3 is 2.17 bits per heavy atom. The van der Waals surface area contributed by atoms with Crippen molar-refractivity contribution in [2.75, 3.05) is 0 Å². The van der Waals surface area contributed by atoms with E-state index < -0.39 is 0 Å². The van der Waals surface area contributed by atoms with Gasteiger partial charge < -0.3 is 0 Å². The molecule has 0 aliphatic heterocycles. The zero-order valence-electron chi connectivity index (χ0n) is 11.5. The van der Waals surface area contributed by atoms with Crippen molar-refractivity contribution in [1.82, 2.24) is 0 Å². The van der Waals surface area contributed by atoms with Gasteiger partial charge in [-0.25, -0.2) is 0 Å². The Kier molecular flexibility index (Phi) is 3.54. The number of hydrogen-bond acceptors (Lipinski definition) is 1. The van der Waals surface area contributed by atoms with Gasteiger partial charge in [-0.05, 0) is 36.6 Å². The summed E-state index contributed by atoms with van der Waals surface area (Å²) in [5.41, 5.74) is 5.26. The minimum Gasteiger partial charge on any atom is -0.143 e. The molecule has 0 heterocycles. The molecule has 0 fully saturated rings. The Bertz CT molecular complexity index is 568. The zero-order valence-corrected chi connectivity index (χ0v) is 12.4. The van der Waals surface area contributed by atoms with Gasteiger partial charge in [0.05, 0.1) is 0 Å². The van der Waals surface area contributed by atoms with Gasteiger partial charge in [0.2, 0.25) is 0 Å². The number of hydrogen-bond donors (Lipinski definition) is 1. The monoisotopic (exact) mass is 256 g/mol. The molecule has 0 unspecified atom stereocenters. The number of thiol groups is 1. The van der Waals surface area contributed by atoms with Crippen LogP contribution in [0, 0.1) is 13.8 Å². The van der Waals surface area contributed by atoms with Crippen molar-refractivity contribution >= 4 is 12.6 Å². The lowest BCUT2D eigenvalue weighted by Crippen LogP contribution is -2.19. The molecule has 0 saturated heterocycles. The van der Waals surface area contributed by atoms with Crippen LogP contribution in [0.15, 0.2) is 47.4 Å². The van der Waals surface area contributed by atoms with Crippen LogP contribution in [-0.2, 0) is 5.41 Å². The van der Waals surface area contributed by atoms with Crippen LogP contribution in [0.25, 0.3) is 0 Å². The molecule has 0 aromatic heterocycles. The Hall–Kier alpha value is -1.21. The van der Waals surface area contributed by atoms with Gasteiger partial charge in [0.25, 0.3) is 0 Å². The number of rotatable bonds is 2. The second-order valence-electron chi connectivity index (χ2n) is 5.50. The summed E-state index contributed by atoms with van der Waals surface area (Å²) in [4.78, 5) is 1.05. The first kappa shape index (κ1) is 13.2. The van der Waals surface area contributed by atoms with Crippen molar-refractivity contribution in [2.24, 2.45) is 0 Å². The smallest absolute Gasteiger partial charge is 0.0146 e. The molecule has 2 rings (SSSR count). The molecule has 0 nitrogen and oxygen atoms in total. The molecular weight excluding hydrogens is 236 g/mol. The van der Waals surface area contributed by atoms with Gasteiger partial charge in [-0.3, -0.25) is 0 Å². The van der Waals surface area contributed by atoms with E-state index in [4.69, 9.17) is 0 Å². The third kappa shape index (κ3) is 2.46. The lowest BCUT2D eigenvalue weighted by Gasteiger charge is -2.27. The van der Waals surface area contributed by atoms with Crippen LogP contribution in [0.3, 0.4) is 0 Å². The van der Waals surface area contributed by atoms with E-state index in [9.17, 15) is 0 Å². The van der Waals surface area contributed by atoms with Crippen LogP contribution in [0.5, 0.6) is 0 Å². The summed E-state index contributed by atoms with van der Waals surface area (Å²) in [5, 5.41) is 0. The van der Waals surface area contributed by atoms with Gasteiger partial charge in [-0.1, -0.05) is 55.8 Å². The van der Waals surface area contributed by atoms with Gasteiger partial charge >= 0.3 is 0 Å². The van der Waals surface area contributed by atoms with E-state index in [1.54, 1.807) is 0 Å². The molecule has 0 amide bonds. The maximum absolute atomic E-state index is 4.44. The summed E-state index contributed by atoms with van der Waals surface area (Å²) < 4.78 is 0. The van der Waals surface area contributed by atoms with Crippen molar-refractivity contribution in [2.45, 2.75) is 38.0 Å². The third-order valence-electron chi connectivity index (χ3n) is 3.66. The lowest BCUT2D eigenvalue weighted by atomic mass is 9.77. The van der Waals surface area contributed by atoms with E-state index >= 15 is 0 Å². The first-order valence-corrected chi connectivity index (χ1v) is 6.73. The topological polar surface area (TPSA) is 0 Å². The Balaban J connectivity index is 2.50. The van der Waals surface area contributed by atoms with Crippen molar-refractivity contribution in [3.05, 3.63) is 64.7 Å². The Morgan fingerprint density at radius 1 is 0.889 bits per heavy atom. The van der Waals surface area contributed by atoms with Gasteiger partial charge in [0.1, 0.15) is 0 Å². The molecule has 2 aromatic carbocycles. The number of aryl methyl sites for hydroxylation is 2. The highest BCUT2D eigenvalue weighted by Crippen LogP contribution is 2.33. The van der Waals surface area contributed by atoms with Gasteiger partial charge in [-0.15, -0.1) is 12.6 Å². The second-order valence-corrected chi connectivity index (χ2v) is 5.98. The molecular formula is C17H20S. The maximum Gasteiger partial charge on any atom is 0.0146 e. The fraction of sp³-hybridized carbons (Fsp3) is 0.294. The van der Waals surface area contributed by atoms with Crippen LogP contribution < -0.4 is 0 Å². The highest BCUT2D eigenvalue weighted by Gasteiger charge is 2.23. The van der Waals surface area contributed by atoms with E-state index in [-0.39, 0.29) is 5.41 Å². The Labute approximate surface area is 115 Å². The predicted octanol–water partition coefficient (Wildman–Crippen LogP) is 4.92. The van der Waals surface area contributed by atoms with Crippen molar-refractivity contribution in [1.29, 1.82) is 0 Å². The molecule has 0 spiro atoms. The first-order valence-electron chi connectivity index (χ1n) is 6.28. The van der Waals surface area contributed by atoms with Crippen molar-refractivity contribution < 1.29 is 0 Å². The van der Waals surface area contributed by atoms with Crippen LogP contribution in [0.4, 0.5) is 0 Å². The minimum absolute atomic E-state index is 0.0260. The fourth-order valence-electron chi connectivity index (χ4n) is 2.24. The molecule has 0 N–H and O–H groups in total. The molecule has 94 valence electrons. The first-order chi connectivity index (χ1) is 8.41. The largest absolute Gasteiger partial charge is 0.143 e. The Morgan fingerprint density at radius 2 is 1.56 bits per heavy atom. The van der Waals surface area contributed by atoms with E-state index in [1.807, 2.05) is 0 Å². The van der Waals surface area contributed by atoms with Gasteiger partial charge in [0.15, 0.2) is 0 Å². The molecule has 0 aliphatic rings. The van der Waals surface area contributed by atoms with E-state index in [0.717, 1.165) is 4.90 Å². The van der Waals surface area contributed by atoms with E-state index in [0.29, 0.717) is 0 Å². The van der Waals surface area contributed by atoms with E-state index in [2.05, 4.69) is 82.8 Å². The quantitative estimate of drug-likeness (QED) is 0.725. The molecule has 0 radical (unpaired) electrons. The van der Waals surface area contributed by atoms with Crippen molar-refractivity contribution in [3.63, 3.8) is 0 Å². The summed E-state index contributed by atoms with van der Waals surface area (Å²) in [7, 11) is 0. The summed E-state index contributed by atoms with van der Waals surface area (Å²) >= 11 is 4.44. The summed E-state index contributed by atoms with van der Waals surface area (Å²) in [6.45, 7) is 8.79. The van der Waals surface area contributed by atoms with Crippen LogP contribution >= 0.6 is 12.6 Å². The molecule has 1 heteroatoms. The molecule has 0 saturated carbocycles. The average molecular weight is 256 g/mol. The standard InChI is InChI=1S/C17H20S/c1-12-6-5-7-14(10-12)17(3,4)15-8-9-16(18)13(2)11-15/h5-11,18H,1-4H3. The van der Waals surface area contributed by atoms with Crippen LogP contribution in [0.2, 0.25) is 0 Å². The average Bonchev–Trinajstić information content (AvgIpc) is 2.32. The molecule has 18 heavy (non-hydrogen) atoms. The van der Waals surface area contributed by atoms with Crippen LogP contribution in [-0.4, -0.2) is 0 Å². The highest BCUT2D eigenvalue weighted by atomic mass is 32.1. The predicted molar refractivity (Wildman–Crippen MR) is 81.7 cm³/mol. The summed E-state index contributed by atoms with van der Waals surface area (Å²) in [5.74, 6) is 0. The number of benzene rings is 2.